The van der Waals surface area contributed by atoms with Crippen LogP contribution < -0.4 is 0 Å². The SMILES string of the molecule is Cn1c(C(=O)N2CCN(C3CCC(O)CC3)C(=O)C2)nc2c(C(F)(F)F)cc(C3CC3)cc21. The summed E-state index contributed by atoms with van der Waals surface area (Å²) in [4.78, 5) is 33.3. The van der Waals surface area contributed by atoms with Crippen LogP contribution in [0.2, 0.25) is 0 Å². The number of amides is 2. The number of carbonyl (C=O) groups excluding carboxylic acids is 2. The summed E-state index contributed by atoms with van der Waals surface area (Å²) in [6, 6.07) is 2.92. The molecule has 0 spiro atoms. The molecule has 5 rings (SSSR count). The number of carbonyl (C=O) groups is 2. The van der Waals surface area contributed by atoms with Crippen molar-refractivity contribution >= 4 is 22.8 Å². The number of imidazole rings is 1. The van der Waals surface area contributed by atoms with Crippen LogP contribution in [0.25, 0.3) is 11.0 Å². The molecule has 2 aliphatic carbocycles. The maximum Gasteiger partial charge on any atom is 0.418 e. The number of aromatic nitrogens is 2. The van der Waals surface area contributed by atoms with Gasteiger partial charge in [-0.15, -0.1) is 0 Å². The van der Waals surface area contributed by atoms with Gasteiger partial charge < -0.3 is 19.5 Å². The number of nitrogens with zero attached hydrogens (tertiary/aromatic N) is 4. The Labute approximate surface area is 189 Å². The van der Waals surface area contributed by atoms with Crippen LogP contribution in [-0.2, 0) is 18.0 Å². The van der Waals surface area contributed by atoms with Gasteiger partial charge in [-0.1, -0.05) is 0 Å². The summed E-state index contributed by atoms with van der Waals surface area (Å²) in [5, 5.41) is 9.70. The van der Waals surface area contributed by atoms with Gasteiger partial charge in [-0.05, 0) is 62.1 Å². The zero-order valence-corrected chi connectivity index (χ0v) is 18.4. The lowest BCUT2D eigenvalue weighted by molar-refractivity contribution is -0.139. The Balaban J connectivity index is 1.40. The largest absolute Gasteiger partial charge is 0.418 e. The smallest absolute Gasteiger partial charge is 0.393 e. The molecule has 7 nitrogen and oxygen atoms in total. The zero-order valence-electron chi connectivity index (χ0n) is 18.4. The van der Waals surface area contributed by atoms with Gasteiger partial charge in [-0.25, -0.2) is 4.98 Å². The Morgan fingerprint density at radius 3 is 2.39 bits per heavy atom. The average Bonchev–Trinajstić information content (AvgIpc) is 3.57. The van der Waals surface area contributed by atoms with Crippen LogP contribution in [0.3, 0.4) is 0 Å². The van der Waals surface area contributed by atoms with Crippen LogP contribution in [0.1, 0.15) is 66.2 Å². The van der Waals surface area contributed by atoms with E-state index in [0.29, 0.717) is 31.5 Å². The van der Waals surface area contributed by atoms with E-state index in [9.17, 15) is 27.9 Å². The lowest BCUT2D eigenvalue weighted by atomic mass is 9.91. The number of piperazine rings is 1. The predicted octanol–water partition coefficient (Wildman–Crippen LogP) is 3.06. The Kier molecular flexibility index (Phi) is 5.38. The molecular formula is C23H27F3N4O3. The van der Waals surface area contributed by atoms with Crippen molar-refractivity contribution in [2.24, 2.45) is 7.05 Å². The van der Waals surface area contributed by atoms with E-state index in [0.717, 1.165) is 31.7 Å². The number of halogens is 3. The highest BCUT2D eigenvalue weighted by atomic mass is 19.4. The first-order valence-corrected chi connectivity index (χ1v) is 11.5. The highest BCUT2D eigenvalue weighted by molar-refractivity contribution is 5.98. The molecule has 1 aromatic heterocycles. The normalized spacial score (nSPS) is 24.6. The lowest BCUT2D eigenvalue weighted by Gasteiger charge is -2.41. The van der Waals surface area contributed by atoms with Crippen molar-refractivity contribution in [1.82, 2.24) is 19.4 Å². The fraction of sp³-hybridized carbons (Fsp3) is 0.609. The third kappa shape index (κ3) is 4.09. The highest BCUT2D eigenvalue weighted by Gasteiger charge is 2.39. The van der Waals surface area contributed by atoms with Gasteiger partial charge in [0.05, 0.1) is 17.2 Å². The molecule has 10 heteroatoms. The van der Waals surface area contributed by atoms with Crippen molar-refractivity contribution in [1.29, 1.82) is 0 Å². The summed E-state index contributed by atoms with van der Waals surface area (Å²) in [5.41, 5.74) is -0.153. The molecule has 1 N–H and O–H groups in total. The van der Waals surface area contributed by atoms with E-state index in [1.165, 1.54) is 9.47 Å². The molecular weight excluding hydrogens is 437 g/mol. The highest BCUT2D eigenvalue weighted by Crippen LogP contribution is 2.44. The van der Waals surface area contributed by atoms with Crippen LogP contribution in [0.5, 0.6) is 0 Å². The molecule has 1 aliphatic heterocycles. The second kappa shape index (κ2) is 8.00. The van der Waals surface area contributed by atoms with Crippen molar-refractivity contribution in [3.63, 3.8) is 0 Å². The molecule has 3 aliphatic rings. The van der Waals surface area contributed by atoms with Crippen LogP contribution in [0.4, 0.5) is 13.2 Å². The monoisotopic (exact) mass is 464 g/mol. The van der Waals surface area contributed by atoms with Gasteiger partial charge in [0, 0.05) is 26.2 Å². The number of aliphatic hydroxyl groups is 1. The second-order valence-electron chi connectivity index (χ2n) is 9.48. The molecule has 178 valence electrons. The van der Waals surface area contributed by atoms with E-state index in [2.05, 4.69) is 4.98 Å². The van der Waals surface area contributed by atoms with Crippen molar-refractivity contribution < 1.29 is 27.9 Å². The summed E-state index contributed by atoms with van der Waals surface area (Å²) in [6.07, 6.45) is -0.406. The summed E-state index contributed by atoms with van der Waals surface area (Å²) in [5.74, 6) is -0.690. The van der Waals surface area contributed by atoms with Crippen LogP contribution in [0.15, 0.2) is 12.1 Å². The average molecular weight is 464 g/mol. The Morgan fingerprint density at radius 2 is 1.79 bits per heavy atom. The van der Waals surface area contributed by atoms with Gasteiger partial charge in [0.1, 0.15) is 12.1 Å². The molecule has 0 unspecified atom stereocenters. The fourth-order valence-electron chi connectivity index (χ4n) is 5.13. The Morgan fingerprint density at radius 1 is 1.09 bits per heavy atom. The summed E-state index contributed by atoms with van der Waals surface area (Å²) >= 11 is 0. The number of rotatable bonds is 3. The van der Waals surface area contributed by atoms with Gasteiger partial charge in [0.2, 0.25) is 5.91 Å². The number of fused-ring (bicyclic) bond motifs is 1. The summed E-state index contributed by atoms with van der Waals surface area (Å²) in [6.45, 7) is 0.543. The molecule has 0 atom stereocenters. The predicted molar refractivity (Wildman–Crippen MR) is 114 cm³/mol. The molecule has 2 aromatic rings. The topological polar surface area (TPSA) is 78.7 Å². The molecule has 33 heavy (non-hydrogen) atoms. The molecule has 2 amide bonds. The minimum absolute atomic E-state index is 0.0593. The maximum absolute atomic E-state index is 13.8. The zero-order chi connectivity index (χ0) is 23.5. The van der Waals surface area contributed by atoms with E-state index >= 15 is 0 Å². The van der Waals surface area contributed by atoms with E-state index < -0.39 is 17.6 Å². The van der Waals surface area contributed by atoms with Crippen LogP contribution in [0, 0.1) is 0 Å². The first kappa shape index (κ1) is 22.2. The summed E-state index contributed by atoms with van der Waals surface area (Å²) < 4.78 is 42.7. The van der Waals surface area contributed by atoms with E-state index in [4.69, 9.17) is 0 Å². The molecule has 2 saturated carbocycles. The molecule has 3 fully saturated rings. The van der Waals surface area contributed by atoms with Crippen LogP contribution in [-0.4, -0.2) is 68.1 Å². The van der Waals surface area contributed by atoms with Gasteiger partial charge >= 0.3 is 6.18 Å². The van der Waals surface area contributed by atoms with Crippen molar-refractivity contribution in [3.8, 4) is 0 Å². The number of hydrogen-bond acceptors (Lipinski definition) is 4. The van der Waals surface area contributed by atoms with Gasteiger partial charge in [-0.2, -0.15) is 13.2 Å². The number of benzene rings is 1. The maximum atomic E-state index is 13.8. The number of aryl methyl sites for hydroxylation is 1. The number of alkyl halides is 3. The van der Waals surface area contributed by atoms with Gasteiger partial charge in [0.25, 0.3) is 5.91 Å². The standard InChI is InChI=1S/C23H27F3N4O3/c1-28-18-11-14(13-2-3-13)10-17(23(24,25)26)20(18)27-21(28)22(33)29-8-9-30(19(32)12-29)15-4-6-16(31)7-5-15/h10-11,13,15-16,31H,2-9,12H2,1H3. The summed E-state index contributed by atoms with van der Waals surface area (Å²) in [7, 11) is 1.55. The first-order chi connectivity index (χ1) is 15.6. The van der Waals surface area contributed by atoms with E-state index in [-0.39, 0.29) is 47.4 Å². The Bertz CT molecular complexity index is 1100. The van der Waals surface area contributed by atoms with Gasteiger partial charge in [-0.3, -0.25) is 9.59 Å². The third-order valence-corrected chi connectivity index (χ3v) is 7.21. The molecule has 0 bridgehead atoms. The minimum atomic E-state index is -4.58. The molecule has 2 heterocycles. The molecule has 0 radical (unpaired) electrons. The van der Waals surface area contributed by atoms with Gasteiger partial charge in [0.15, 0.2) is 5.82 Å². The second-order valence-corrected chi connectivity index (χ2v) is 9.48. The minimum Gasteiger partial charge on any atom is -0.393 e. The van der Waals surface area contributed by atoms with E-state index in [1.807, 2.05) is 0 Å². The number of hydrogen-bond donors (Lipinski definition) is 1. The molecule has 1 aromatic carbocycles. The van der Waals surface area contributed by atoms with Crippen molar-refractivity contribution in [2.45, 2.75) is 62.8 Å². The third-order valence-electron chi connectivity index (χ3n) is 7.21. The quantitative estimate of drug-likeness (QED) is 0.758. The molecule has 1 saturated heterocycles. The van der Waals surface area contributed by atoms with Crippen molar-refractivity contribution in [2.75, 3.05) is 19.6 Å². The fourth-order valence-corrected chi connectivity index (χ4v) is 5.13. The Hall–Kier alpha value is -2.62. The van der Waals surface area contributed by atoms with Crippen LogP contribution >= 0.6 is 0 Å². The number of aliphatic hydroxyl groups excluding tert-OH is 1. The first-order valence-electron chi connectivity index (χ1n) is 11.5. The lowest BCUT2D eigenvalue weighted by Crippen LogP contribution is -2.56. The van der Waals surface area contributed by atoms with E-state index in [1.54, 1.807) is 18.0 Å². The van der Waals surface area contributed by atoms with Crippen molar-refractivity contribution in [3.05, 3.63) is 29.1 Å².